The van der Waals surface area contributed by atoms with Gasteiger partial charge in [-0.15, -0.1) is 0 Å². The molecule has 1 saturated heterocycles. The van der Waals surface area contributed by atoms with Crippen LogP contribution in [0.2, 0.25) is 0 Å². The first kappa shape index (κ1) is 19.5. The lowest BCUT2D eigenvalue weighted by molar-refractivity contribution is 0.184. The Morgan fingerprint density at radius 3 is 2.30 bits per heavy atom. The third-order valence-electron chi connectivity index (χ3n) is 4.30. The van der Waals surface area contributed by atoms with Crippen molar-refractivity contribution in [3.63, 3.8) is 0 Å². The quantitative estimate of drug-likeness (QED) is 0.742. The van der Waals surface area contributed by atoms with Crippen molar-refractivity contribution in [2.45, 2.75) is 17.0 Å². The Hall–Kier alpha value is -2.30. The van der Waals surface area contributed by atoms with Crippen LogP contribution in [0.1, 0.15) is 0 Å². The van der Waals surface area contributed by atoms with Crippen molar-refractivity contribution in [1.29, 1.82) is 0 Å². The number of sulfone groups is 1. The largest absolute Gasteiger partial charge is 0.508 e. The van der Waals surface area contributed by atoms with Crippen LogP contribution in [0.4, 0.5) is 5.69 Å². The molecule has 0 aliphatic carbocycles. The fourth-order valence-corrected chi connectivity index (χ4v) is 6.57. The van der Waals surface area contributed by atoms with Crippen LogP contribution in [-0.4, -0.2) is 57.8 Å². The Morgan fingerprint density at radius 1 is 1.11 bits per heavy atom. The molecule has 0 spiro atoms. The third-order valence-corrected chi connectivity index (χ3v) is 7.86. The van der Waals surface area contributed by atoms with Gasteiger partial charge in [0.25, 0.3) is 10.0 Å². The summed E-state index contributed by atoms with van der Waals surface area (Å²) in [5.41, 5.74) is 0.0620. The zero-order valence-corrected chi connectivity index (χ0v) is 16.0. The average Bonchev–Trinajstić information content (AvgIpc) is 2.87. The van der Waals surface area contributed by atoms with E-state index in [1.165, 1.54) is 55.6 Å². The van der Waals surface area contributed by atoms with Gasteiger partial charge in [0, 0.05) is 6.07 Å². The van der Waals surface area contributed by atoms with Crippen LogP contribution in [0.5, 0.6) is 11.5 Å². The molecule has 0 radical (unpaired) electrons. The number of aliphatic hydroxyl groups is 1. The summed E-state index contributed by atoms with van der Waals surface area (Å²) in [5.74, 6) is -0.760. The van der Waals surface area contributed by atoms with Crippen LogP contribution in [0.3, 0.4) is 0 Å². The normalized spacial score (nSPS) is 21.7. The lowest BCUT2D eigenvalue weighted by atomic mass is 10.2. The summed E-state index contributed by atoms with van der Waals surface area (Å²) in [6, 6.07) is 9.84. The number of hydrogen-bond donors (Lipinski definition) is 2. The Kier molecular flexibility index (Phi) is 5.06. The van der Waals surface area contributed by atoms with Crippen molar-refractivity contribution in [3.8, 4) is 11.5 Å². The summed E-state index contributed by atoms with van der Waals surface area (Å²) in [5, 5.41) is 20.0. The van der Waals surface area contributed by atoms with Gasteiger partial charge in [0.2, 0.25) is 0 Å². The molecular weight excluding hydrogens is 394 g/mol. The zero-order valence-electron chi connectivity index (χ0n) is 14.4. The second-order valence-electron chi connectivity index (χ2n) is 6.21. The smallest absolute Gasteiger partial charge is 0.264 e. The van der Waals surface area contributed by atoms with Crippen molar-refractivity contribution in [3.05, 3.63) is 48.5 Å². The molecule has 1 aliphatic rings. The average molecular weight is 413 g/mol. The summed E-state index contributed by atoms with van der Waals surface area (Å²) < 4.78 is 56.4. The minimum Gasteiger partial charge on any atom is -0.508 e. The zero-order chi connectivity index (χ0) is 19.8. The maximum atomic E-state index is 13.3. The van der Waals surface area contributed by atoms with Crippen molar-refractivity contribution < 1.29 is 31.8 Å². The third kappa shape index (κ3) is 3.87. The summed E-state index contributed by atoms with van der Waals surface area (Å²) in [6.07, 6.45) is -1.38. The highest BCUT2D eigenvalue weighted by Gasteiger charge is 2.45. The number of benzene rings is 2. The number of aromatic hydroxyl groups is 1. The van der Waals surface area contributed by atoms with Crippen LogP contribution in [0.25, 0.3) is 0 Å². The Labute approximate surface area is 157 Å². The number of phenolic OH excluding ortho intramolecular Hbond substituents is 1. The highest BCUT2D eigenvalue weighted by molar-refractivity contribution is 7.93. The molecule has 0 aromatic heterocycles. The number of hydrogen-bond acceptors (Lipinski definition) is 7. The molecule has 0 bridgehead atoms. The maximum absolute atomic E-state index is 13.3. The van der Waals surface area contributed by atoms with E-state index in [0.717, 1.165) is 4.31 Å². The first-order chi connectivity index (χ1) is 12.6. The fraction of sp³-hybridized carbons (Fsp3) is 0.294. The highest BCUT2D eigenvalue weighted by atomic mass is 32.2. The van der Waals surface area contributed by atoms with Crippen LogP contribution >= 0.6 is 0 Å². The summed E-state index contributed by atoms with van der Waals surface area (Å²) in [7, 11) is -6.37. The molecule has 2 aromatic carbocycles. The Balaban J connectivity index is 2.14. The van der Waals surface area contributed by atoms with Gasteiger partial charge in [-0.1, -0.05) is 6.07 Å². The van der Waals surface area contributed by atoms with Crippen LogP contribution in [0, 0.1) is 0 Å². The number of nitrogens with zero attached hydrogens (tertiary/aromatic N) is 1. The molecule has 2 aromatic rings. The second-order valence-corrected chi connectivity index (χ2v) is 10.2. The van der Waals surface area contributed by atoms with Gasteiger partial charge >= 0.3 is 0 Å². The SMILES string of the molecule is COc1ccc(S(=O)(=O)N(c2cccc(O)c2)[C@H]2CS(=O)(=O)C[C@H]2O)cc1. The molecule has 3 rings (SSSR count). The van der Waals surface area contributed by atoms with Crippen LogP contribution < -0.4 is 9.04 Å². The van der Waals surface area contributed by atoms with E-state index in [4.69, 9.17) is 4.74 Å². The van der Waals surface area contributed by atoms with E-state index in [2.05, 4.69) is 0 Å². The number of phenols is 1. The van der Waals surface area contributed by atoms with E-state index in [0.29, 0.717) is 5.75 Å². The van der Waals surface area contributed by atoms with Gasteiger partial charge in [0.1, 0.15) is 11.5 Å². The lowest BCUT2D eigenvalue weighted by Crippen LogP contribution is -2.47. The molecule has 2 atom stereocenters. The topological polar surface area (TPSA) is 121 Å². The number of methoxy groups -OCH3 is 1. The molecule has 1 heterocycles. The number of anilines is 1. The molecule has 0 amide bonds. The molecule has 1 fully saturated rings. The first-order valence-electron chi connectivity index (χ1n) is 8.00. The number of ether oxygens (including phenoxy) is 1. The minimum atomic E-state index is -4.22. The van der Waals surface area contributed by atoms with Gasteiger partial charge < -0.3 is 14.9 Å². The van der Waals surface area contributed by atoms with E-state index < -0.39 is 43.5 Å². The molecule has 10 heteroatoms. The number of rotatable bonds is 5. The highest BCUT2D eigenvalue weighted by Crippen LogP contribution is 2.33. The molecule has 1 aliphatic heterocycles. The monoisotopic (exact) mass is 413 g/mol. The Bertz CT molecular complexity index is 1030. The standard InChI is InChI=1S/C17H19NO7S2/c1-25-14-5-7-15(8-6-14)27(23,24)18(12-3-2-4-13(19)9-12)16-10-26(21,22)11-17(16)20/h2-9,16-17,19-20H,10-11H2,1H3/t16-,17+/m0/s1. The van der Waals surface area contributed by atoms with E-state index in [9.17, 15) is 27.0 Å². The summed E-state index contributed by atoms with van der Waals surface area (Å²) >= 11 is 0. The maximum Gasteiger partial charge on any atom is 0.264 e. The number of sulfonamides is 1. The van der Waals surface area contributed by atoms with Crippen molar-refractivity contribution in [1.82, 2.24) is 0 Å². The van der Waals surface area contributed by atoms with Crippen LogP contribution in [-0.2, 0) is 19.9 Å². The number of aliphatic hydroxyl groups excluding tert-OH is 1. The molecule has 0 saturated carbocycles. The molecule has 0 unspecified atom stereocenters. The van der Waals surface area contributed by atoms with E-state index in [1.54, 1.807) is 0 Å². The van der Waals surface area contributed by atoms with Gasteiger partial charge in [0.05, 0.1) is 41.3 Å². The van der Waals surface area contributed by atoms with E-state index in [-0.39, 0.29) is 16.3 Å². The van der Waals surface area contributed by atoms with Gasteiger partial charge in [0.15, 0.2) is 9.84 Å². The van der Waals surface area contributed by atoms with Gasteiger partial charge in [-0.25, -0.2) is 16.8 Å². The predicted octanol–water partition coefficient (Wildman–Crippen LogP) is 0.754. The van der Waals surface area contributed by atoms with Crippen LogP contribution in [0.15, 0.2) is 53.4 Å². The lowest BCUT2D eigenvalue weighted by Gasteiger charge is -2.31. The van der Waals surface area contributed by atoms with Crippen molar-refractivity contribution in [2.75, 3.05) is 22.9 Å². The van der Waals surface area contributed by atoms with Crippen molar-refractivity contribution >= 4 is 25.5 Å². The predicted molar refractivity (Wildman–Crippen MR) is 99.2 cm³/mol. The summed E-state index contributed by atoms with van der Waals surface area (Å²) in [4.78, 5) is -0.0943. The molecular formula is C17H19NO7S2. The van der Waals surface area contributed by atoms with Crippen molar-refractivity contribution in [2.24, 2.45) is 0 Å². The molecule has 2 N–H and O–H groups in total. The van der Waals surface area contributed by atoms with Gasteiger partial charge in [-0.3, -0.25) is 4.31 Å². The minimum absolute atomic E-state index is 0.0620. The first-order valence-corrected chi connectivity index (χ1v) is 11.3. The van der Waals surface area contributed by atoms with E-state index >= 15 is 0 Å². The molecule has 27 heavy (non-hydrogen) atoms. The summed E-state index contributed by atoms with van der Waals surface area (Å²) in [6.45, 7) is 0. The van der Waals surface area contributed by atoms with Gasteiger partial charge in [-0.2, -0.15) is 0 Å². The fourth-order valence-electron chi connectivity index (χ4n) is 3.03. The van der Waals surface area contributed by atoms with Gasteiger partial charge in [-0.05, 0) is 36.4 Å². The van der Waals surface area contributed by atoms with E-state index in [1.807, 2.05) is 0 Å². The molecule has 146 valence electrons. The molecule has 8 nitrogen and oxygen atoms in total. The second kappa shape index (κ2) is 7.02. The Morgan fingerprint density at radius 2 is 1.78 bits per heavy atom.